The predicted molar refractivity (Wildman–Crippen MR) is 100 cm³/mol. The van der Waals surface area contributed by atoms with Gasteiger partial charge in [-0.05, 0) is 45.7 Å². The first-order chi connectivity index (χ1) is 13.1. The van der Waals surface area contributed by atoms with Crippen LogP contribution in [0.25, 0.3) is 0 Å². The number of carbonyl (C=O) groups excluding carboxylic acids is 1. The molecule has 0 aliphatic carbocycles. The van der Waals surface area contributed by atoms with Gasteiger partial charge in [0.25, 0.3) is 5.91 Å². The van der Waals surface area contributed by atoms with Crippen molar-refractivity contribution < 1.29 is 4.79 Å². The summed E-state index contributed by atoms with van der Waals surface area (Å²) in [6, 6.07) is 0. The van der Waals surface area contributed by atoms with Gasteiger partial charge in [0.1, 0.15) is 17.3 Å². The van der Waals surface area contributed by atoms with Gasteiger partial charge in [-0.25, -0.2) is 4.98 Å². The lowest BCUT2D eigenvalue weighted by atomic mass is 9.97. The summed E-state index contributed by atoms with van der Waals surface area (Å²) >= 11 is 0. The highest BCUT2D eigenvalue weighted by molar-refractivity contribution is 5.92. The lowest BCUT2D eigenvalue weighted by molar-refractivity contribution is 0.0697. The molecule has 2 aromatic heterocycles. The van der Waals surface area contributed by atoms with E-state index >= 15 is 0 Å². The monoisotopic (exact) mass is 369 g/mol. The molecule has 27 heavy (non-hydrogen) atoms. The molecule has 4 heterocycles. The summed E-state index contributed by atoms with van der Waals surface area (Å²) in [5, 5.41) is 8.92. The van der Waals surface area contributed by atoms with Crippen molar-refractivity contribution in [3.63, 3.8) is 0 Å². The Morgan fingerprint density at radius 3 is 2.67 bits per heavy atom. The normalized spacial score (nSPS) is 21.0. The number of rotatable bonds is 4. The summed E-state index contributed by atoms with van der Waals surface area (Å²) in [6.45, 7) is 6.42. The van der Waals surface area contributed by atoms with Crippen molar-refractivity contribution in [2.45, 2.75) is 45.1 Å². The summed E-state index contributed by atoms with van der Waals surface area (Å²) in [5.41, 5.74) is 1.22. The highest BCUT2D eigenvalue weighted by Gasteiger charge is 2.29. The Hall–Kier alpha value is -2.35. The Balaban J connectivity index is 1.45. The van der Waals surface area contributed by atoms with Gasteiger partial charge in [-0.15, -0.1) is 10.2 Å². The van der Waals surface area contributed by atoms with E-state index in [1.54, 1.807) is 12.4 Å². The van der Waals surface area contributed by atoms with Crippen molar-refractivity contribution >= 4 is 5.91 Å². The molecule has 8 heteroatoms. The maximum atomic E-state index is 12.8. The van der Waals surface area contributed by atoms with Crippen molar-refractivity contribution in [2.24, 2.45) is 7.05 Å². The van der Waals surface area contributed by atoms with Gasteiger partial charge in [0, 0.05) is 32.3 Å². The second kappa shape index (κ2) is 7.72. The molecular formula is C19H27N7O. The first kappa shape index (κ1) is 18.0. The van der Waals surface area contributed by atoms with Gasteiger partial charge in [0.05, 0.1) is 18.4 Å². The van der Waals surface area contributed by atoms with E-state index in [0.717, 1.165) is 56.4 Å². The average Bonchev–Trinajstić information content (AvgIpc) is 3.33. The van der Waals surface area contributed by atoms with Gasteiger partial charge in [0.2, 0.25) is 0 Å². The van der Waals surface area contributed by atoms with Gasteiger partial charge in [-0.1, -0.05) is 0 Å². The number of amides is 1. The van der Waals surface area contributed by atoms with E-state index < -0.39 is 0 Å². The molecule has 2 aromatic rings. The molecule has 2 fully saturated rings. The van der Waals surface area contributed by atoms with E-state index in [2.05, 4.69) is 29.6 Å². The van der Waals surface area contributed by atoms with Crippen LogP contribution in [0.4, 0.5) is 0 Å². The number of hydrogen-bond acceptors (Lipinski definition) is 6. The third-order valence-electron chi connectivity index (χ3n) is 5.64. The molecular weight excluding hydrogens is 342 g/mol. The maximum absolute atomic E-state index is 12.8. The van der Waals surface area contributed by atoms with Crippen LogP contribution in [0.2, 0.25) is 0 Å². The summed E-state index contributed by atoms with van der Waals surface area (Å²) in [5.74, 6) is 2.16. The Morgan fingerprint density at radius 2 is 1.93 bits per heavy atom. The SMILES string of the molecule is Cc1cnc(C(=O)N2CCCC(c3nnc(CN4CCCC4)n3C)C2)cn1. The highest BCUT2D eigenvalue weighted by atomic mass is 16.2. The topological polar surface area (TPSA) is 80.0 Å². The number of aromatic nitrogens is 5. The molecule has 2 aliphatic heterocycles. The van der Waals surface area contributed by atoms with Crippen molar-refractivity contribution in [3.05, 3.63) is 35.4 Å². The number of aryl methyl sites for hydroxylation is 1. The molecule has 0 N–H and O–H groups in total. The van der Waals surface area contributed by atoms with E-state index in [9.17, 15) is 4.79 Å². The van der Waals surface area contributed by atoms with Crippen molar-refractivity contribution in [3.8, 4) is 0 Å². The first-order valence-corrected chi connectivity index (χ1v) is 9.80. The molecule has 0 saturated carbocycles. The van der Waals surface area contributed by atoms with Crippen LogP contribution in [-0.4, -0.2) is 66.6 Å². The molecule has 0 aromatic carbocycles. The van der Waals surface area contributed by atoms with Crippen LogP contribution in [0.3, 0.4) is 0 Å². The quantitative estimate of drug-likeness (QED) is 0.813. The number of nitrogens with zero attached hydrogens (tertiary/aromatic N) is 7. The fraction of sp³-hybridized carbons (Fsp3) is 0.632. The lowest BCUT2D eigenvalue weighted by Crippen LogP contribution is -2.40. The van der Waals surface area contributed by atoms with Crippen LogP contribution < -0.4 is 0 Å². The molecule has 8 nitrogen and oxygen atoms in total. The van der Waals surface area contributed by atoms with E-state index in [-0.39, 0.29) is 11.8 Å². The Kier molecular flexibility index (Phi) is 5.15. The Morgan fingerprint density at radius 1 is 1.11 bits per heavy atom. The summed E-state index contributed by atoms with van der Waals surface area (Å²) in [4.78, 5) is 25.5. The summed E-state index contributed by atoms with van der Waals surface area (Å²) < 4.78 is 2.13. The van der Waals surface area contributed by atoms with Crippen LogP contribution in [0.1, 0.15) is 59.4 Å². The van der Waals surface area contributed by atoms with E-state index in [0.29, 0.717) is 12.2 Å². The molecule has 0 spiro atoms. The molecule has 0 radical (unpaired) electrons. The highest BCUT2D eigenvalue weighted by Crippen LogP contribution is 2.27. The second-order valence-electron chi connectivity index (χ2n) is 7.65. The minimum atomic E-state index is -0.0494. The zero-order chi connectivity index (χ0) is 18.8. The number of likely N-dealkylation sites (tertiary alicyclic amines) is 2. The fourth-order valence-electron chi connectivity index (χ4n) is 4.05. The Labute approximate surface area is 159 Å². The van der Waals surface area contributed by atoms with Crippen molar-refractivity contribution in [2.75, 3.05) is 26.2 Å². The zero-order valence-corrected chi connectivity index (χ0v) is 16.1. The first-order valence-electron chi connectivity index (χ1n) is 9.80. The summed E-state index contributed by atoms with van der Waals surface area (Å²) in [6.07, 6.45) is 7.74. The average molecular weight is 369 g/mol. The number of carbonyl (C=O) groups is 1. The molecule has 1 unspecified atom stereocenters. The Bertz CT molecular complexity index is 795. The van der Waals surface area contributed by atoms with Gasteiger partial charge < -0.3 is 9.47 Å². The van der Waals surface area contributed by atoms with Crippen LogP contribution in [0, 0.1) is 6.92 Å². The van der Waals surface area contributed by atoms with Crippen molar-refractivity contribution in [1.82, 2.24) is 34.5 Å². The lowest BCUT2D eigenvalue weighted by Gasteiger charge is -2.32. The van der Waals surface area contributed by atoms with Crippen LogP contribution in [-0.2, 0) is 13.6 Å². The largest absolute Gasteiger partial charge is 0.337 e. The molecule has 144 valence electrons. The molecule has 4 rings (SSSR count). The van der Waals surface area contributed by atoms with Gasteiger partial charge in [-0.3, -0.25) is 14.7 Å². The van der Waals surface area contributed by atoms with Gasteiger partial charge in [-0.2, -0.15) is 0 Å². The zero-order valence-electron chi connectivity index (χ0n) is 16.1. The van der Waals surface area contributed by atoms with E-state index in [1.165, 1.54) is 12.8 Å². The van der Waals surface area contributed by atoms with Gasteiger partial charge >= 0.3 is 0 Å². The summed E-state index contributed by atoms with van der Waals surface area (Å²) in [7, 11) is 2.05. The standard InChI is InChI=1S/C19H27N7O/c1-14-10-21-16(11-20-14)19(27)26-9-5-6-15(12-26)18-23-22-17(24(18)2)13-25-7-3-4-8-25/h10-11,15H,3-9,12-13H2,1-2H3. The predicted octanol–water partition coefficient (Wildman–Crippen LogP) is 1.53. The number of hydrogen-bond donors (Lipinski definition) is 0. The number of piperidine rings is 1. The van der Waals surface area contributed by atoms with Gasteiger partial charge in [0.15, 0.2) is 0 Å². The van der Waals surface area contributed by atoms with Crippen LogP contribution in [0.15, 0.2) is 12.4 Å². The minimum Gasteiger partial charge on any atom is -0.337 e. The van der Waals surface area contributed by atoms with Crippen LogP contribution in [0.5, 0.6) is 0 Å². The molecule has 0 bridgehead atoms. The van der Waals surface area contributed by atoms with E-state index in [1.807, 2.05) is 18.9 Å². The fourth-order valence-corrected chi connectivity index (χ4v) is 4.05. The third-order valence-corrected chi connectivity index (χ3v) is 5.64. The molecule has 2 aliphatic rings. The third kappa shape index (κ3) is 3.85. The maximum Gasteiger partial charge on any atom is 0.274 e. The smallest absolute Gasteiger partial charge is 0.274 e. The molecule has 1 atom stereocenters. The molecule has 1 amide bonds. The van der Waals surface area contributed by atoms with E-state index in [4.69, 9.17) is 0 Å². The van der Waals surface area contributed by atoms with Crippen molar-refractivity contribution in [1.29, 1.82) is 0 Å². The minimum absolute atomic E-state index is 0.0494. The molecule has 2 saturated heterocycles. The second-order valence-corrected chi connectivity index (χ2v) is 7.65. The van der Waals surface area contributed by atoms with Crippen LogP contribution >= 0.6 is 0 Å².